The summed E-state index contributed by atoms with van der Waals surface area (Å²) in [5.74, 6) is -0.0554. The molecule has 0 aromatic carbocycles. The Kier molecular flexibility index (Phi) is 3.25. The van der Waals surface area contributed by atoms with Crippen molar-refractivity contribution in [2.45, 2.75) is 6.92 Å². The number of nitrogens with one attached hydrogen (secondary N) is 1. The third-order valence-electron chi connectivity index (χ3n) is 0.947. The van der Waals surface area contributed by atoms with Crippen molar-refractivity contribution in [3.8, 4) is 0 Å². The van der Waals surface area contributed by atoms with Crippen molar-refractivity contribution >= 4 is 22.4 Å². The molecular weight excluding hydrogens is 275 g/mol. The molecule has 0 radical (unpaired) electrons. The van der Waals surface area contributed by atoms with Crippen molar-refractivity contribution in [2.24, 2.45) is 0 Å². The molecule has 1 N–H and O–H groups in total. The number of carbonyl (C=O) groups excluding carboxylic acids is 1. The van der Waals surface area contributed by atoms with Crippen LogP contribution in [0.5, 0.6) is 0 Å². The molecule has 0 bridgehead atoms. The van der Waals surface area contributed by atoms with Gasteiger partial charge in [0.15, 0.2) is 0 Å². The average Bonchev–Trinajstić information content (AvgIpc) is 2.34. The van der Waals surface area contributed by atoms with Crippen LogP contribution in [0.3, 0.4) is 0 Å². The van der Waals surface area contributed by atoms with Gasteiger partial charge >= 0.3 is 79.6 Å². The van der Waals surface area contributed by atoms with Crippen LogP contribution in [0.4, 0.5) is 5.13 Å². The van der Waals surface area contributed by atoms with E-state index in [0.29, 0.717) is 5.13 Å². The van der Waals surface area contributed by atoms with Gasteiger partial charge in [-0.25, -0.2) is 0 Å². The third kappa shape index (κ3) is 2.74. The topological polar surface area (TPSA) is 42.0 Å². The van der Waals surface area contributed by atoms with Crippen molar-refractivity contribution < 1.29 is 26.0 Å². The van der Waals surface area contributed by atoms with E-state index in [2.05, 4.69) is 15.2 Å². The second kappa shape index (κ2) is 4.01. The van der Waals surface area contributed by atoms with Crippen LogP contribution in [-0.4, -0.2) is 15.8 Å². The van der Waals surface area contributed by atoms with Crippen molar-refractivity contribution in [3.63, 3.8) is 0 Å². The van der Waals surface area contributed by atoms with E-state index in [1.807, 2.05) is 6.20 Å². The van der Waals surface area contributed by atoms with Crippen LogP contribution in [-0.2, 0) is 4.79 Å². The van der Waals surface area contributed by atoms with Gasteiger partial charge in [-0.15, -0.1) is 0 Å². The number of thiazole rings is 1. The predicted molar refractivity (Wildman–Crippen MR) is 41.0 cm³/mol. The van der Waals surface area contributed by atoms with Crippen molar-refractivity contribution in [3.05, 3.63) is 9.08 Å². The van der Waals surface area contributed by atoms with Gasteiger partial charge in [0, 0.05) is 0 Å². The zero-order valence-electron chi connectivity index (χ0n) is 6.22. The Labute approximate surface area is 79.5 Å². The average molecular weight is 283 g/mol. The minimum absolute atomic E-state index is 0.0554. The van der Waals surface area contributed by atoms with E-state index in [0.717, 1.165) is 0 Å². The summed E-state index contributed by atoms with van der Waals surface area (Å²) < 4.78 is 1.30. The summed E-state index contributed by atoms with van der Waals surface area (Å²) in [5.41, 5.74) is 0. The first-order valence-electron chi connectivity index (χ1n) is 2.95. The van der Waals surface area contributed by atoms with Gasteiger partial charge < -0.3 is 0 Å². The summed E-state index contributed by atoms with van der Waals surface area (Å²) in [6.07, 6.45) is 1.84. The number of alkyl halides is 1. The van der Waals surface area contributed by atoms with E-state index in [9.17, 15) is 4.79 Å². The molecule has 0 atom stereocenters. The summed E-state index contributed by atoms with van der Waals surface area (Å²) in [4.78, 5) is 16.8. The summed E-state index contributed by atoms with van der Waals surface area (Å²) >= 11 is 1.68. The van der Waals surface area contributed by atoms with Gasteiger partial charge in [0.1, 0.15) is 0 Å². The molecule has 1 aromatic rings. The fraction of sp³-hybridized carbons (Fsp3) is 0.333. The molecule has 1 aromatic heterocycles. The molecular formula is C6H8IN2OS-. The van der Waals surface area contributed by atoms with Crippen LogP contribution < -0.4 is 26.5 Å². The van der Waals surface area contributed by atoms with E-state index >= 15 is 0 Å². The van der Waals surface area contributed by atoms with Gasteiger partial charge in [0.05, 0.1) is 0 Å². The second-order valence-electron chi connectivity index (χ2n) is 1.84. The van der Waals surface area contributed by atoms with Gasteiger partial charge in [-0.3, -0.25) is 0 Å². The Bertz CT molecular complexity index is 261. The van der Waals surface area contributed by atoms with Gasteiger partial charge in [-0.05, 0) is 0 Å². The molecule has 0 aliphatic heterocycles. The first-order valence-corrected chi connectivity index (χ1v) is 7.00. The molecule has 0 aliphatic rings. The summed E-state index contributed by atoms with van der Waals surface area (Å²) in [6, 6.07) is 0. The van der Waals surface area contributed by atoms with E-state index in [4.69, 9.17) is 0 Å². The standard InChI is InChI=1S/C6H8IN2OS/c1-4(10)9-6-8-3-5(7-2)11-6/h3H,1-2H3,(H,8,9,10)/q-1. The number of anilines is 1. The molecule has 0 spiro atoms. The SMILES string of the molecule is C[I-]c1cnc(NC(C)=O)s1. The number of nitrogens with zero attached hydrogens (tertiary/aromatic N) is 1. The van der Waals surface area contributed by atoms with Gasteiger partial charge in [-0.2, -0.15) is 0 Å². The quantitative estimate of drug-likeness (QED) is 0.503. The molecule has 1 rings (SSSR count). The fourth-order valence-electron chi connectivity index (χ4n) is 0.550. The Hall–Kier alpha value is -0.170. The fourth-order valence-corrected chi connectivity index (χ4v) is 2.92. The maximum absolute atomic E-state index is 10.6. The van der Waals surface area contributed by atoms with Crippen LogP contribution in [0.2, 0.25) is 0 Å². The molecule has 0 saturated heterocycles. The Morgan fingerprint density at radius 2 is 2.55 bits per heavy atom. The van der Waals surface area contributed by atoms with Crippen LogP contribution in [0.15, 0.2) is 6.20 Å². The monoisotopic (exact) mass is 283 g/mol. The number of rotatable bonds is 2. The maximum atomic E-state index is 10.6. The molecule has 0 aliphatic carbocycles. The van der Waals surface area contributed by atoms with Gasteiger partial charge in [-0.1, -0.05) is 0 Å². The van der Waals surface area contributed by atoms with Gasteiger partial charge in [0.2, 0.25) is 0 Å². The zero-order valence-corrected chi connectivity index (χ0v) is 9.19. The third-order valence-corrected chi connectivity index (χ3v) is 4.69. The summed E-state index contributed by atoms with van der Waals surface area (Å²) in [6.45, 7) is 1.49. The number of hydrogen-bond acceptors (Lipinski definition) is 3. The number of halogens is 1. The Morgan fingerprint density at radius 3 is 3.00 bits per heavy atom. The number of hydrogen-bond donors (Lipinski definition) is 1. The van der Waals surface area contributed by atoms with Crippen LogP contribution in [0.1, 0.15) is 6.92 Å². The van der Waals surface area contributed by atoms with Crippen molar-refractivity contribution in [2.75, 3.05) is 10.2 Å². The molecule has 5 heteroatoms. The zero-order chi connectivity index (χ0) is 8.27. The minimum atomic E-state index is -0.0554. The molecule has 1 amide bonds. The van der Waals surface area contributed by atoms with E-state index in [-0.39, 0.29) is 27.1 Å². The number of amides is 1. The Morgan fingerprint density at radius 1 is 1.82 bits per heavy atom. The van der Waals surface area contributed by atoms with Crippen molar-refractivity contribution in [1.82, 2.24) is 4.98 Å². The molecule has 1 heterocycles. The molecule has 11 heavy (non-hydrogen) atoms. The second-order valence-corrected chi connectivity index (χ2v) is 5.84. The summed E-state index contributed by atoms with van der Waals surface area (Å²) in [5, 5.41) is 3.36. The van der Waals surface area contributed by atoms with E-state index in [1.54, 1.807) is 11.3 Å². The van der Waals surface area contributed by atoms with Crippen LogP contribution >= 0.6 is 11.3 Å². The van der Waals surface area contributed by atoms with Crippen LogP contribution in [0.25, 0.3) is 0 Å². The molecule has 0 fully saturated rings. The molecule has 3 nitrogen and oxygen atoms in total. The number of aromatic nitrogens is 1. The molecule has 0 saturated carbocycles. The van der Waals surface area contributed by atoms with Crippen LogP contribution in [0, 0.1) is 2.88 Å². The first kappa shape index (κ1) is 8.92. The van der Waals surface area contributed by atoms with E-state index in [1.165, 1.54) is 9.81 Å². The Balaban J connectivity index is 2.65. The van der Waals surface area contributed by atoms with Crippen molar-refractivity contribution in [1.29, 1.82) is 0 Å². The van der Waals surface area contributed by atoms with Gasteiger partial charge in [0.25, 0.3) is 0 Å². The normalized spacial score (nSPS) is 10.0. The molecule has 0 unspecified atom stereocenters. The first-order chi connectivity index (χ1) is 5.22. The van der Waals surface area contributed by atoms with E-state index < -0.39 is 0 Å². The molecule has 62 valence electrons. The predicted octanol–water partition coefficient (Wildman–Crippen LogP) is -2.01. The summed E-state index contributed by atoms with van der Waals surface area (Å²) in [7, 11) is 0. The number of carbonyl (C=O) groups is 1.